The standard InChI is InChI=1S/C8H11FO/c1-3-8(6-10)5-4-7(2)9/h3-5,10H,1,6H2,2H3/b7-4+,8-5+. The maximum atomic E-state index is 12.0. The number of halogens is 1. The molecule has 0 aromatic rings. The molecule has 0 aromatic carbocycles. The predicted octanol–water partition coefficient (Wildman–Crippen LogP) is 1.96. The first-order valence-corrected chi connectivity index (χ1v) is 2.97. The molecule has 0 atom stereocenters. The monoisotopic (exact) mass is 142 g/mol. The molecule has 1 N–H and O–H groups in total. The fourth-order valence-corrected chi connectivity index (χ4v) is 0.407. The molecular formula is C8H11FO. The van der Waals surface area contributed by atoms with E-state index in [1.807, 2.05) is 0 Å². The van der Waals surface area contributed by atoms with E-state index >= 15 is 0 Å². The van der Waals surface area contributed by atoms with Crippen molar-refractivity contribution in [3.8, 4) is 0 Å². The van der Waals surface area contributed by atoms with Gasteiger partial charge in [-0.2, -0.15) is 0 Å². The number of allylic oxidation sites excluding steroid dienone is 3. The van der Waals surface area contributed by atoms with Gasteiger partial charge in [-0.15, -0.1) is 0 Å². The van der Waals surface area contributed by atoms with E-state index in [0.29, 0.717) is 5.57 Å². The second-order valence-electron chi connectivity index (χ2n) is 1.86. The van der Waals surface area contributed by atoms with Crippen LogP contribution in [0.3, 0.4) is 0 Å². The number of rotatable bonds is 3. The molecule has 0 aliphatic rings. The number of hydrogen-bond donors (Lipinski definition) is 1. The molecule has 0 amide bonds. The summed E-state index contributed by atoms with van der Waals surface area (Å²) >= 11 is 0. The highest BCUT2D eigenvalue weighted by Gasteiger charge is 1.84. The van der Waals surface area contributed by atoms with E-state index in [4.69, 9.17) is 5.11 Å². The number of aliphatic hydroxyl groups is 1. The fourth-order valence-electron chi connectivity index (χ4n) is 0.407. The average molecular weight is 142 g/mol. The van der Waals surface area contributed by atoms with Crippen LogP contribution in [0.2, 0.25) is 0 Å². The van der Waals surface area contributed by atoms with Gasteiger partial charge in [0.15, 0.2) is 0 Å². The molecule has 2 heteroatoms. The molecule has 0 fully saturated rings. The van der Waals surface area contributed by atoms with Crippen LogP contribution in [-0.2, 0) is 0 Å². The molecule has 0 rings (SSSR count). The van der Waals surface area contributed by atoms with Crippen LogP contribution in [0.5, 0.6) is 0 Å². The van der Waals surface area contributed by atoms with E-state index in [0.717, 1.165) is 0 Å². The van der Waals surface area contributed by atoms with Crippen molar-refractivity contribution in [3.05, 3.63) is 36.2 Å². The van der Waals surface area contributed by atoms with E-state index in [9.17, 15) is 4.39 Å². The first kappa shape index (κ1) is 9.11. The summed E-state index contributed by atoms with van der Waals surface area (Å²) in [6, 6.07) is 0. The number of hydrogen-bond acceptors (Lipinski definition) is 1. The molecular weight excluding hydrogens is 131 g/mol. The Bertz CT molecular complexity index is 164. The fraction of sp³-hybridized carbons (Fsp3) is 0.250. The normalized spacial score (nSPS) is 13.5. The summed E-state index contributed by atoms with van der Waals surface area (Å²) in [5, 5.41) is 8.55. The van der Waals surface area contributed by atoms with E-state index in [-0.39, 0.29) is 12.4 Å². The summed E-state index contributed by atoms with van der Waals surface area (Å²) in [6.45, 7) is 4.67. The summed E-state index contributed by atoms with van der Waals surface area (Å²) in [5.41, 5.74) is 0.608. The molecule has 1 nitrogen and oxygen atoms in total. The minimum absolute atomic E-state index is 0.104. The Labute approximate surface area is 60.2 Å². The number of aliphatic hydroxyl groups excluding tert-OH is 1. The van der Waals surface area contributed by atoms with Crippen molar-refractivity contribution < 1.29 is 9.50 Å². The van der Waals surface area contributed by atoms with E-state index < -0.39 is 0 Å². The Morgan fingerprint density at radius 3 is 2.50 bits per heavy atom. The zero-order valence-corrected chi connectivity index (χ0v) is 5.97. The van der Waals surface area contributed by atoms with Crippen LogP contribution < -0.4 is 0 Å². The molecule has 0 heterocycles. The van der Waals surface area contributed by atoms with Gasteiger partial charge < -0.3 is 5.11 Å². The molecule has 0 aromatic heterocycles. The molecule has 0 unspecified atom stereocenters. The lowest BCUT2D eigenvalue weighted by atomic mass is 10.2. The summed E-state index contributed by atoms with van der Waals surface area (Å²) in [6.07, 6.45) is 4.26. The Morgan fingerprint density at radius 2 is 2.20 bits per heavy atom. The summed E-state index contributed by atoms with van der Waals surface area (Å²) < 4.78 is 12.0. The summed E-state index contributed by atoms with van der Waals surface area (Å²) in [4.78, 5) is 0. The highest BCUT2D eigenvalue weighted by molar-refractivity contribution is 5.22. The van der Waals surface area contributed by atoms with Crippen molar-refractivity contribution in [2.75, 3.05) is 6.61 Å². The van der Waals surface area contributed by atoms with Crippen molar-refractivity contribution >= 4 is 0 Å². The topological polar surface area (TPSA) is 20.2 Å². The van der Waals surface area contributed by atoms with Gasteiger partial charge in [0.05, 0.1) is 12.4 Å². The quantitative estimate of drug-likeness (QED) is 0.597. The van der Waals surface area contributed by atoms with Crippen LogP contribution in [0.4, 0.5) is 4.39 Å². The molecule has 0 spiro atoms. The van der Waals surface area contributed by atoms with Gasteiger partial charge in [-0.1, -0.05) is 18.7 Å². The third-order valence-corrected chi connectivity index (χ3v) is 0.972. The third-order valence-electron chi connectivity index (χ3n) is 0.972. The van der Waals surface area contributed by atoms with Gasteiger partial charge >= 0.3 is 0 Å². The Kier molecular flexibility index (Phi) is 4.50. The van der Waals surface area contributed by atoms with Gasteiger partial charge in [0.1, 0.15) is 0 Å². The van der Waals surface area contributed by atoms with E-state index in [1.54, 1.807) is 0 Å². The minimum atomic E-state index is -0.284. The molecule has 0 saturated carbocycles. The molecule has 0 radical (unpaired) electrons. The first-order valence-electron chi connectivity index (χ1n) is 2.97. The molecule has 0 saturated heterocycles. The van der Waals surface area contributed by atoms with Crippen LogP contribution >= 0.6 is 0 Å². The molecule has 0 aliphatic carbocycles. The van der Waals surface area contributed by atoms with Gasteiger partial charge in [-0.3, -0.25) is 0 Å². The maximum absolute atomic E-state index is 12.0. The lowest BCUT2D eigenvalue weighted by molar-refractivity contribution is 0.335. The van der Waals surface area contributed by atoms with Crippen LogP contribution in [0, 0.1) is 0 Å². The van der Waals surface area contributed by atoms with Crippen molar-refractivity contribution in [1.29, 1.82) is 0 Å². The van der Waals surface area contributed by atoms with Crippen LogP contribution in [0.15, 0.2) is 36.2 Å². The minimum Gasteiger partial charge on any atom is -0.392 e. The van der Waals surface area contributed by atoms with Gasteiger partial charge in [0.25, 0.3) is 0 Å². The van der Waals surface area contributed by atoms with Gasteiger partial charge in [-0.25, -0.2) is 4.39 Å². The SMILES string of the molecule is C=C/C(=C\C=C(/C)F)CO. The summed E-state index contributed by atoms with van der Waals surface area (Å²) in [5.74, 6) is -0.284. The van der Waals surface area contributed by atoms with Crippen LogP contribution in [0.1, 0.15) is 6.92 Å². The smallest absolute Gasteiger partial charge is 0.0968 e. The van der Waals surface area contributed by atoms with Gasteiger partial charge in [-0.05, 0) is 18.6 Å². The highest BCUT2D eigenvalue weighted by atomic mass is 19.1. The zero-order valence-electron chi connectivity index (χ0n) is 5.97. The first-order chi connectivity index (χ1) is 4.70. The van der Waals surface area contributed by atoms with Crippen LogP contribution in [0.25, 0.3) is 0 Å². The van der Waals surface area contributed by atoms with Crippen molar-refractivity contribution in [2.45, 2.75) is 6.92 Å². The predicted molar refractivity (Wildman–Crippen MR) is 40.2 cm³/mol. The van der Waals surface area contributed by atoms with Gasteiger partial charge in [0, 0.05) is 0 Å². The molecule has 10 heavy (non-hydrogen) atoms. The van der Waals surface area contributed by atoms with Crippen molar-refractivity contribution in [1.82, 2.24) is 0 Å². The van der Waals surface area contributed by atoms with E-state index in [2.05, 4.69) is 6.58 Å². The Hall–Kier alpha value is -0.890. The molecule has 56 valence electrons. The van der Waals surface area contributed by atoms with Gasteiger partial charge in [0.2, 0.25) is 0 Å². The largest absolute Gasteiger partial charge is 0.392 e. The Morgan fingerprint density at radius 1 is 1.60 bits per heavy atom. The Balaban J connectivity index is 4.12. The van der Waals surface area contributed by atoms with E-state index in [1.165, 1.54) is 25.2 Å². The van der Waals surface area contributed by atoms with Crippen LogP contribution in [-0.4, -0.2) is 11.7 Å². The second-order valence-corrected chi connectivity index (χ2v) is 1.86. The lowest BCUT2D eigenvalue weighted by Crippen LogP contribution is -1.83. The molecule has 0 aliphatic heterocycles. The van der Waals surface area contributed by atoms with Crippen molar-refractivity contribution in [2.24, 2.45) is 0 Å². The van der Waals surface area contributed by atoms with Crippen molar-refractivity contribution in [3.63, 3.8) is 0 Å². The summed E-state index contributed by atoms with van der Waals surface area (Å²) in [7, 11) is 0. The lowest BCUT2D eigenvalue weighted by Gasteiger charge is -1.90. The average Bonchev–Trinajstić information content (AvgIpc) is 1.90. The second kappa shape index (κ2) is 4.94. The highest BCUT2D eigenvalue weighted by Crippen LogP contribution is 1.98. The maximum Gasteiger partial charge on any atom is 0.0968 e. The molecule has 0 bridgehead atoms. The zero-order chi connectivity index (χ0) is 7.98. The third kappa shape index (κ3) is 4.04.